The van der Waals surface area contributed by atoms with Gasteiger partial charge in [0.15, 0.2) is 0 Å². The first-order valence-electron chi connectivity index (χ1n) is 13.7. The second-order valence-corrected chi connectivity index (χ2v) is 10.4. The molecule has 0 bridgehead atoms. The number of para-hydroxylation sites is 1. The van der Waals surface area contributed by atoms with Crippen LogP contribution in [0.5, 0.6) is 5.75 Å². The van der Waals surface area contributed by atoms with E-state index >= 15 is 0 Å². The van der Waals surface area contributed by atoms with Crippen LogP contribution in [0.3, 0.4) is 0 Å². The molecule has 42 heavy (non-hydrogen) atoms. The van der Waals surface area contributed by atoms with Gasteiger partial charge in [-0.1, -0.05) is 61.0 Å². The summed E-state index contributed by atoms with van der Waals surface area (Å²) in [6, 6.07) is 19.3. The first-order chi connectivity index (χ1) is 20.4. The molecule has 12 heteroatoms. The number of fused-ring (bicyclic) bond motifs is 1. The summed E-state index contributed by atoms with van der Waals surface area (Å²) in [5, 5.41) is 22.9. The first-order valence-corrected chi connectivity index (χ1v) is 13.7. The van der Waals surface area contributed by atoms with E-state index in [9.17, 15) is 9.59 Å². The van der Waals surface area contributed by atoms with Crippen LogP contribution < -0.4 is 15.0 Å². The normalized spacial score (nSPS) is 11.9. The molecule has 0 spiro atoms. The molecule has 0 unspecified atom stereocenters. The van der Waals surface area contributed by atoms with Crippen molar-refractivity contribution in [3.05, 3.63) is 84.2 Å². The summed E-state index contributed by atoms with van der Waals surface area (Å²) in [4.78, 5) is 29.8. The number of carbonyl (C=O) groups excluding carboxylic acids is 2. The minimum atomic E-state index is -0.969. The van der Waals surface area contributed by atoms with Gasteiger partial charge < -0.3 is 10.1 Å². The minimum absolute atomic E-state index is 0.140. The standard InChI is InChI=1S/C30H33N9O3/c1-20(2)15-16-31-30(41)29(22-11-9-21(3)10-12-22)39(28(40)18-37-25-8-6-5-7-24(25)33-35-37)23-13-14-26(27(17-23)42-4)38-19-32-34-36-38/h5-14,17,19-20,29H,15-16,18H2,1-4H3,(H,31,41)/t29-/m0/s1. The van der Waals surface area contributed by atoms with Crippen molar-refractivity contribution in [1.29, 1.82) is 0 Å². The summed E-state index contributed by atoms with van der Waals surface area (Å²) in [6.45, 7) is 6.51. The van der Waals surface area contributed by atoms with Crippen molar-refractivity contribution in [1.82, 2.24) is 40.5 Å². The third-order valence-corrected chi connectivity index (χ3v) is 6.93. The van der Waals surface area contributed by atoms with Gasteiger partial charge in [-0.15, -0.1) is 10.2 Å². The predicted molar refractivity (Wildman–Crippen MR) is 157 cm³/mol. The van der Waals surface area contributed by atoms with E-state index in [2.05, 4.69) is 45.0 Å². The number of rotatable bonds is 11. The highest BCUT2D eigenvalue weighted by atomic mass is 16.5. The number of methoxy groups -OCH3 is 1. The lowest BCUT2D eigenvalue weighted by atomic mass is 10.0. The molecule has 0 saturated heterocycles. The van der Waals surface area contributed by atoms with Gasteiger partial charge in [0, 0.05) is 18.3 Å². The molecule has 1 atom stereocenters. The van der Waals surface area contributed by atoms with E-state index in [1.165, 1.54) is 23.0 Å². The largest absolute Gasteiger partial charge is 0.494 e. The van der Waals surface area contributed by atoms with Crippen molar-refractivity contribution in [3.63, 3.8) is 0 Å². The van der Waals surface area contributed by atoms with Gasteiger partial charge in [-0.25, -0.2) is 4.68 Å². The lowest BCUT2D eigenvalue weighted by Gasteiger charge is -2.32. The van der Waals surface area contributed by atoms with Crippen molar-refractivity contribution in [2.24, 2.45) is 5.92 Å². The average molecular weight is 568 g/mol. The van der Waals surface area contributed by atoms with Gasteiger partial charge in [0.2, 0.25) is 11.8 Å². The van der Waals surface area contributed by atoms with Crippen LogP contribution in [0.4, 0.5) is 5.69 Å². The molecule has 216 valence electrons. The number of tetrazole rings is 1. The van der Waals surface area contributed by atoms with Gasteiger partial charge in [-0.05, 0) is 59.5 Å². The van der Waals surface area contributed by atoms with Gasteiger partial charge in [0.1, 0.15) is 35.9 Å². The number of anilines is 1. The molecule has 2 heterocycles. The van der Waals surface area contributed by atoms with E-state index in [-0.39, 0.29) is 18.4 Å². The number of carbonyl (C=O) groups is 2. The zero-order chi connectivity index (χ0) is 29.6. The van der Waals surface area contributed by atoms with Crippen LogP contribution in [0.15, 0.2) is 73.1 Å². The number of aryl methyl sites for hydroxylation is 1. The fraction of sp³-hybridized carbons (Fsp3) is 0.300. The summed E-state index contributed by atoms with van der Waals surface area (Å²) in [6.07, 6.45) is 2.26. The van der Waals surface area contributed by atoms with Crippen LogP contribution >= 0.6 is 0 Å². The number of amides is 2. The highest BCUT2D eigenvalue weighted by molar-refractivity contribution is 6.01. The Balaban J connectivity index is 1.61. The number of aromatic nitrogens is 7. The molecular formula is C30H33N9O3. The van der Waals surface area contributed by atoms with Crippen LogP contribution in [0.1, 0.15) is 37.4 Å². The Morgan fingerprint density at radius 2 is 1.81 bits per heavy atom. The molecule has 0 radical (unpaired) electrons. The fourth-order valence-electron chi connectivity index (χ4n) is 4.70. The molecule has 0 aliphatic heterocycles. The number of benzene rings is 3. The lowest BCUT2D eigenvalue weighted by molar-refractivity contribution is -0.127. The highest BCUT2D eigenvalue weighted by Crippen LogP contribution is 2.34. The molecule has 0 aliphatic rings. The number of ether oxygens (including phenoxy) is 1. The molecule has 0 fully saturated rings. The van der Waals surface area contributed by atoms with Crippen molar-refractivity contribution in [2.75, 3.05) is 18.6 Å². The number of nitrogens with zero attached hydrogens (tertiary/aromatic N) is 8. The number of hydrogen-bond donors (Lipinski definition) is 1. The molecule has 0 saturated carbocycles. The zero-order valence-electron chi connectivity index (χ0n) is 24.0. The lowest BCUT2D eigenvalue weighted by Crippen LogP contribution is -2.45. The molecule has 3 aromatic carbocycles. The SMILES string of the molecule is COc1cc(N(C(=O)Cn2nnc3ccccc32)[C@H](C(=O)NCCC(C)C)c2ccc(C)cc2)ccc1-n1cnnn1. The van der Waals surface area contributed by atoms with Crippen molar-refractivity contribution >= 4 is 28.5 Å². The second kappa shape index (κ2) is 12.6. The van der Waals surface area contributed by atoms with Crippen LogP contribution in [0, 0.1) is 12.8 Å². The average Bonchev–Trinajstić information content (AvgIpc) is 3.67. The number of nitrogens with one attached hydrogen (secondary N) is 1. The third kappa shape index (κ3) is 6.12. The molecular weight excluding hydrogens is 534 g/mol. The maximum Gasteiger partial charge on any atom is 0.249 e. The second-order valence-electron chi connectivity index (χ2n) is 10.4. The van der Waals surface area contributed by atoms with Gasteiger partial charge in [0.05, 0.1) is 12.6 Å². The topological polar surface area (TPSA) is 133 Å². The molecule has 2 amide bonds. The summed E-state index contributed by atoms with van der Waals surface area (Å²) in [5.74, 6) is 0.184. The quantitative estimate of drug-likeness (QED) is 0.256. The Hall–Kier alpha value is -5.13. The van der Waals surface area contributed by atoms with Gasteiger partial charge in [-0.3, -0.25) is 14.5 Å². The van der Waals surface area contributed by atoms with Gasteiger partial charge in [-0.2, -0.15) is 4.68 Å². The Morgan fingerprint density at radius 3 is 2.52 bits per heavy atom. The number of hydrogen-bond acceptors (Lipinski definition) is 8. The fourth-order valence-corrected chi connectivity index (χ4v) is 4.70. The van der Waals surface area contributed by atoms with E-state index in [1.54, 1.807) is 22.9 Å². The molecule has 12 nitrogen and oxygen atoms in total. The molecule has 1 N–H and O–H groups in total. The summed E-state index contributed by atoms with van der Waals surface area (Å²) >= 11 is 0. The van der Waals surface area contributed by atoms with Gasteiger partial charge in [0.25, 0.3) is 0 Å². The van der Waals surface area contributed by atoms with E-state index in [0.29, 0.717) is 46.2 Å². The van der Waals surface area contributed by atoms with Crippen molar-refractivity contribution in [2.45, 2.75) is 39.8 Å². The van der Waals surface area contributed by atoms with E-state index in [4.69, 9.17) is 4.74 Å². The highest BCUT2D eigenvalue weighted by Gasteiger charge is 2.34. The maximum atomic E-state index is 14.3. The Bertz CT molecular complexity index is 1660. The summed E-state index contributed by atoms with van der Waals surface area (Å²) in [5.41, 5.74) is 4.13. The zero-order valence-corrected chi connectivity index (χ0v) is 24.0. The maximum absolute atomic E-state index is 14.3. The third-order valence-electron chi connectivity index (χ3n) is 6.93. The summed E-state index contributed by atoms with van der Waals surface area (Å²) < 4.78 is 8.68. The van der Waals surface area contributed by atoms with Crippen molar-refractivity contribution < 1.29 is 14.3 Å². The van der Waals surface area contributed by atoms with E-state index in [1.807, 2.05) is 55.5 Å². The smallest absolute Gasteiger partial charge is 0.249 e. The van der Waals surface area contributed by atoms with Crippen LogP contribution in [-0.2, 0) is 16.1 Å². The Morgan fingerprint density at radius 1 is 1.02 bits per heavy atom. The minimum Gasteiger partial charge on any atom is -0.494 e. The van der Waals surface area contributed by atoms with E-state index < -0.39 is 6.04 Å². The monoisotopic (exact) mass is 567 g/mol. The van der Waals surface area contributed by atoms with Crippen LogP contribution in [-0.4, -0.2) is 60.7 Å². The Kier molecular flexibility index (Phi) is 8.51. The van der Waals surface area contributed by atoms with Crippen molar-refractivity contribution in [3.8, 4) is 11.4 Å². The first kappa shape index (κ1) is 28.4. The molecule has 5 rings (SSSR count). The molecule has 5 aromatic rings. The predicted octanol–water partition coefficient (Wildman–Crippen LogP) is 3.66. The van der Waals surface area contributed by atoms with Gasteiger partial charge >= 0.3 is 0 Å². The van der Waals surface area contributed by atoms with E-state index in [0.717, 1.165) is 12.0 Å². The molecule has 0 aliphatic carbocycles. The Labute approximate surface area is 243 Å². The molecule has 2 aromatic heterocycles. The summed E-state index contributed by atoms with van der Waals surface area (Å²) in [7, 11) is 1.52. The van der Waals surface area contributed by atoms with Crippen LogP contribution in [0.2, 0.25) is 0 Å². The van der Waals surface area contributed by atoms with Crippen LogP contribution in [0.25, 0.3) is 16.7 Å².